The van der Waals surface area contributed by atoms with E-state index in [4.69, 9.17) is 0 Å². The van der Waals surface area contributed by atoms with Gasteiger partial charge in [-0.1, -0.05) is 30.3 Å². The topological polar surface area (TPSA) is 79.8 Å². The maximum absolute atomic E-state index is 13.4. The van der Waals surface area contributed by atoms with Crippen molar-refractivity contribution in [2.24, 2.45) is 0 Å². The molecule has 5 aromatic rings. The quantitative estimate of drug-likeness (QED) is 0.438. The lowest BCUT2D eigenvalue weighted by molar-refractivity contribution is -0.117. The van der Waals surface area contributed by atoms with E-state index in [1.165, 1.54) is 18.5 Å². The van der Waals surface area contributed by atoms with Crippen molar-refractivity contribution in [1.29, 1.82) is 0 Å². The van der Waals surface area contributed by atoms with Crippen molar-refractivity contribution in [3.05, 3.63) is 101 Å². The molecule has 0 unspecified atom stereocenters. The highest BCUT2D eigenvalue weighted by atomic mass is 19.1. The highest BCUT2D eigenvalue weighted by Crippen LogP contribution is 2.31. The first kappa shape index (κ1) is 19.7. The number of aromatic nitrogens is 3. The molecule has 0 fully saturated rings. The lowest BCUT2D eigenvalue weighted by atomic mass is 10.0. The zero-order chi connectivity index (χ0) is 22.1. The second kappa shape index (κ2) is 8.11. The van der Waals surface area contributed by atoms with Crippen molar-refractivity contribution < 1.29 is 9.18 Å². The number of aromatic amines is 1. The van der Waals surface area contributed by atoms with Crippen LogP contribution in [0.3, 0.4) is 0 Å². The van der Waals surface area contributed by atoms with Crippen LogP contribution in [0.5, 0.6) is 0 Å². The van der Waals surface area contributed by atoms with Crippen molar-refractivity contribution in [3.63, 3.8) is 0 Å². The number of hydrogen-bond donors (Lipinski definition) is 2. The number of halogens is 1. The second-order valence-corrected chi connectivity index (χ2v) is 7.50. The smallest absolute Gasteiger partial charge is 0.280 e. The first-order chi connectivity index (χ1) is 15.6. The Morgan fingerprint density at radius 1 is 0.969 bits per heavy atom. The van der Waals surface area contributed by atoms with Crippen LogP contribution in [-0.2, 0) is 11.2 Å². The molecule has 7 heteroatoms. The lowest BCUT2D eigenvalue weighted by Crippen LogP contribution is -2.33. The summed E-state index contributed by atoms with van der Waals surface area (Å²) < 4.78 is 14.5. The first-order valence-corrected chi connectivity index (χ1v) is 10.2. The van der Waals surface area contributed by atoms with Gasteiger partial charge in [0, 0.05) is 23.0 Å². The van der Waals surface area contributed by atoms with Crippen LogP contribution in [-0.4, -0.2) is 20.6 Å². The summed E-state index contributed by atoms with van der Waals surface area (Å²) in [7, 11) is 0. The fraction of sp³-hybridized carbons (Fsp3) is 0.0800. The van der Waals surface area contributed by atoms with Crippen molar-refractivity contribution in [3.8, 4) is 11.3 Å². The molecule has 0 saturated carbocycles. The van der Waals surface area contributed by atoms with Crippen LogP contribution >= 0.6 is 0 Å². The largest absolute Gasteiger partial charge is 0.354 e. The van der Waals surface area contributed by atoms with E-state index >= 15 is 0 Å². The summed E-state index contributed by atoms with van der Waals surface area (Å²) >= 11 is 0. The molecule has 5 rings (SSSR count). The normalized spacial score (nSPS) is 11.2. The van der Waals surface area contributed by atoms with Crippen molar-refractivity contribution in [1.82, 2.24) is 14.6 Å². The molecule has 3 aromatic carbocycles. The number of benzene rings is 3. The zero-order valence-electron chi connectivity index (χ0n) is 17.0. The van der Waals surface area contributed by atoms with Crippen LogP contribution in [0.4, 0.5) is 4.39 Å². The number of para-hydroxylation sites is 2. The minimum Gasteiger partial charge on any atom is -0.354 e. The van der Waals surface area contributed by atoms with Crippen LogP contribution < -0.4 is 11.0 Å². The molecule has 0 saturated heterocycles. The molecule has 32 heavy (non-hydrogen) atoms. The van der Waals surface area contributed by atoms with Gasteiger partial charge in [-0.05, 0) is 60.0 Å². The molecule has 2 N–H and O–H groups in total. The van der Waals surface area contributed by atoms with E-state index in [1.54, 1.807) is 36.4 Å². The van der Waals surface area contributed by atoms with Gasteiger partial charge in [-0.2, -0.15) is 0 Å². The van der Waals surface area contributed by atoms with Gasteiger partial charge in [0.1, 0.15) is 12.1 Å². The fourth-order valence-electron chi connectivity index (χ4n) is 3.90. The fourth-order valence-corrected chi connectivity index (χ4v) is 3.90. The molecule has 0 radical (unpaired) electrons. The van der Waals surface area contributed by atoms with Gasteiger partial charge >= 0.3 is 0 Å². The number of carbonyl (C=O) groups is 1. The Kier molecular flexibility index (Phi) is 4.99. The van der Waals surface area contributed by atoms with Gasteiger partial charge in [-0.3, -0.25) is 15.0 Å². The van der Waals surface area contributed by atoms with E-state index in [0.29, 0.717) is 17.3 Å². The van der Waals surface area contributed by atoms with E-state index in [9.17, 15) is 14.0 Å². The van der Waals surface area contributed by atoms with Crippen LogP contribution in [0.2, 0.25) is 0 Å². The predicted octanol–water partition coefficient (Wildman–Crippen LogP) is 4.39. The van der Waals surface area contributed by atoms with Gasteiger partial charge in [0.25, 0.3) is 5.56 Å². The number of carbonyl (C=O) groups excluding carboxylic acids is 1. The van der Waals surface area contributed by atoms with Gasteiger partial charge in [0.15, 0.2) is 0 Å². The molecule has 0 atom stereocenters. The molecule has 2 aromatic heterocycles. The molecule has 0 bridgehead atoms. The maximum atomic E-state index is 13.4. The molecular weight excluding hydrogens is 407 g/mol. The Hall–Kier alpha value is -4.26. The predicted molar refractivity (Wildman–Crippen MR) is 122 cm³/mol. The standard InChI is InChI=1S/C25H19FN4O2/c26-17-11-9-16(10-12-17)24-19(18-5-1-4-8-22(18)28-24)13-14-23(31)29-30-15-27-21-7-3-2-6-20(21)25(30)32/h1-12,15,28H,13-14H2,(H,29,31). The van der Waals surface area contributed by atoms with Crippen LogP contribution in [0.1, 0.15) is 12.0 Å². The monoisotopic (exact) mass is 426 g/mol. The summed E-state index contributed by atoms with van der Waals surface area (Å²) in [6, 6.07) is 21.1. The van der Waals surface area contributed by atoms with Crippen molar-refractivity contribution in [2.45, 2.75) is 12.8 Å². The third kappa shape index (κ3) is 3.65. The second-order valence-electron chi connectivity index (χ2n) is 7.50. The Labute approximate surface area is 182 Å². The van der Waals surface area contributed by atoms with Crippen LogP contribution in [0, 0.1) is 5.82 Å². The van der Waals surface area contributed by atoms with E-state index in [-0.39, 0.29) is 23.7 Å². The van der Waals surface area contributed by atoms with Gasteiger partial charge < -0.3 is 4.98 Å². The molecule has 158 valence electrons. The molecular formula is C25H19FN4O2. The average Bonchev–Trinajstić information content (AvgIpc) is 3.19. The van der Waals surface area contributed by atoms with Crippen LogP contribution in [0.15, 0.2) is 83.9 Å². The molecule has 0 aliphatic rings. The highest BCUT2D eigenvalue weighted by Gasteiger charge is 2.15. The minimum absolute atomic E-state index is 0.162. The van der Waals surface area contributed by atoms with E-state index in [2.05, 4.69) is 15.4 Å². The molecule has 6 nitrogen and oxygen atoms in total. The summed E-state index contributed by atoms with van der Waals surface area (Å²) in [5.74, 6) is -0.611. The van der Waals surface area contributed by atoms with E-state index in [0.717, 1.165) is 32.4 Å². The number of rotatable bonds is 5. The Morgan fingerprint density at radius 2 is 1.69 bits per heavy atom. The SMILES string of the molecule is O=C(CCc1c(-c2ccc(F)cc2)[nH]c2ccccc12)Nn1cnc2ccccc2c1=O. The van der Waals surface area contributed by atoms with Crippen LogP contribution in [0.25, 0.3) is 33.1 Å². The number of amides is 1. The molecule has 0 spiro atoms. The number of hydrogen-bond acceptors (Lipinski definition) is 3. The summed E-state index contributed by atoms with van der Waals surface area (Å²) in [5.41, 5.74) is 6.46. The number of H-pyrrole nitrogens is 1. The zero-order valence-corrected chi connectivity index (χ0v) is 17.0. The van der Waals surface area contributed by atoms with Gasteiger partial charge in [-0.25, -0.2) is 14.1 Å². The number of fused-ring (bicyclic) bond motifs is 2. The van der Waals surface area contributed by atoms with Crippen molar-refractivity contribution >= 4 is 27.7 Å². The average molecular weight is 426 g/mol. The molecule has 1 amide bonds. The minimum atomic E-state index is -0.331. The number of nitrogens with one attached hydrogen (secondary N) is 2. The van der Waals surface area contributed by atoms with Gasteiger partial charge in [0.05, 0.1) is 10.9 Å². The third-order valence-electron chi connectivity index (χ3n) is 5.46. The van der Waals surface area contributed by atoms with Gasteiger partial charge in [0.2, 0.25) is 5.91 Å². The Balaban J connectivity index is 1.41. The molecule has 2 heterocycles. The summed E-state index contributed by atoms with van der Waals surface area (Å²) in [6.45, 7) is 0. The summed E-state index contributed by atoms with van der Waals surface area (Å²) in [5, 5.41) is 1.44. The maximum Gasteiger partial charge on any atom is 0.280 e. The van der Waals surface area contributed by atoms with Crippen molar-refractivity contribution in [2.75, 3.05) is 5.43 Å². The number of nitrogens with zero attached hydrogens (tertiary/aromatic N) is 2. The summed E-state index contributed by atoms with van der Waals surface area (Å²) in [6.07, 6.45) is 1.92. The first-order valence-electron chi connectivity index (χ1n) is 10.2. The van der Waals surface area contributed by atoms with E-state index in [1.807, 2.05) is 24.3 Å². The Morgan fingerprint density at radius 3 is 2.50 bits per heavy atom. The Bertz CT molecular complexity index is 1500. The highest BCUT2D eigenvalue weighted by molar-refractivity contribution is 5.92. The third-order valence-corrected chi connectivity index (χ3v) is 5.46. The molecule has 0 aliphatic heterocycles. The number of aryl methyl sites for hydroxylation is 1. The van der Waals surface area contributed by atoms with E-state index < -0.39 is 0 Å². The lowest BCUT2D eigenvalue weighted by Gasteiger charge is -2.09. The summed E-state index contributed by atoms with van der Waals surface area (Å²) in [4.78, 5) is 32.9. The van der Waals surface area contributed by atoms with Gasteiger partial charge in [-0.15, -0.1) is 0 Å². The molecule has 0 aliphatic carbocycles.